The second-order valence-electron chi connectivity index (χ2n) is 3.57. The zero-order valence-corrected chi connectivity index (χ0v) is 10.2. The van der Waals surface area contributed by atoms with Gasteiger partial charge in [-0.05, 0) is 18.2 Å². The molecular weight excluding hydrogens is 272 g/mol. The maximum atomic E-state index is 11.6. The molecule has 0 aliphatic heterocycles. The Labute approximate surface area is 112 Å². The van der Waals surface area contributed by atoms with Crippen LogP contribution in [0, 0.1) is 0 Å². The first kappa shape index (κ1) is 12.9. The van der Waals surface area contributed by atoms with Gasteiger partial charge in [-0.15, -0.1) is 0 Å². The number of aromatic carboxylic acids is 1. The number of H-pyrrole nitrogens is 1. The van der Waals surface area contributed by atoms with E-state index in [-0.39, 0.29) is 10.6 Å². The number of nitrogens with one attached hydrogen (secondary N) is 3. The monoisotopic (exact) mass is 280 g/mol. The molecular formula is C11H9ClN4O3. The Balaban J connectivity index is 2.09. The number of carbonyl (C=O) groups excluding carboxylic acids is 1. The average molecular weight is 281 g/mol. The molecule has 0 unspecified atom stereocenters. The van der Waals surface area contributed by atoms with Crippen LogP contribution in [0.5, 0.6) is 0 Å². The van der Waals surface area contributed by atoms with Gasteiger partial charge in [0.1, 0.15) is 0 Å². The van der Waals surface area contributed by atoms with Gasteiger partial charge in [0.15, 0.2) is 0 Å². The summed E-state index contributed by atoms with van der Waals surface area (Å²) in [6, 6.07) is 3.67. The SMILES string of the molecule is O=C(Nc1cn[nH]c1)Nc1ccc(Cl)c(C(=O)O)c1. The number of anilines is 2. The van der Waals surface area contributed by atoms with Crippen LogP contribution < -0.4 is 10.6 Å². The van der Waals surface area contributed by atoms with E-state index < -0.39 is 12.0 Å². The van der Waals surface area contributed by atoms with Gasteiger partial charge < -0.3 is 15.7 Å². The number of nitrogens with zero attached hydrogens (tertiary/aromatic N) is 1. The molecule has 0 saturated heterocycles. The number of carboxylic acids is 1. The highest BCUT2D eigenvalue weighted by molar-refractivity contribution is 6.33. The quantitative estimate of drug-likeness (QED) is 0.692. The summed E-state index contributed by atoms with van der Waals surface area (Å²) < 4.78 is 0. The lowest BCUT2D eigenvalue weighted by atomic mass is 10.2. The van der Waals surface area contributed by atoms with Crippen LogP contribution in [0.3, 0.4) is 0 Å². The number of hydrogen-bond acceptors (Lipinski definition) is 3. The Hall–Kier alpha value is -2.54. The molecule has 1 heterocycles. The molecule has 0 spiro atoms. The van der Waals surface area contributed by atoms with Crippen LogP contribution >= 0.6 is 11.6 Å². The van der Waals surface area contributed by atoms with Gasteiger partial charge in [-0.1, -0.05) is 11.6 Å². The maximum absolute atomic E-state index is 11.6. The van der Waals surface area contributed by atoms with Crippen molar-refractivity contribution in [2.75, 3.05) is 10.6 Å². The van der Waals surface area contributed by atoms with E-state index in [0.717, 1.165) is 0 Å². The number of benzene rings is 1. The Morgan fingerprint density at radius 3 is 2.63 bits per heavy atom. The highest BCUT2D eigenvalue weighted by Gasteiger charge is 2.11. The average Bonchev–Trinajstić information content (AvgIpc) is 2.84. The van der Waals surface area contributed by atoms with E-state index in [1.165, 1.54) is 30.6 Å². The molecule has 0 fully saturated rings. The van der Waals surface area contributed by atoms with Crippen molar-refractivity contribution in [1.29, 1.82) is 0 Å². The standard InChI is InChI=1S/C11H9ClN4O3/c12-9-2-1-6(3-8(9)10(17)18)15-11(19)16-7-4-13-14-5-7/h1-5H,(H,13,14)(H,17,18)(H2,15,16,19). The fourth-order valence-electron chi connectivity index (χ4n) is 1.38. The van der Waals surface area contributed by atoms with Crippen LogP contribution in [0.4, 0.5) is 16.2 Å². The third-order valence-electron chi connectivity index (χ3n) is 2.21. The first-order chi connectivity index (χ1) is 9.06. The molecule has 0 radical (unpaired) electrons. The van der Waals surface area contributed by atoms with Crippen molar-refractivity contribution >= 4 is 35.0 Å². The van der Waals surface area contributed by atoms with Gasteiger partial charge in [-0.2, -0.15) is 5.10 Å². The highest BCUT2D eigenvalue weighted by atomic mass is 35.5. The number of carbonyl (C=O) groups is 2. The fourth-order valence-corrected chi connectivity index (χ4v) is 1.58. The van der Waals surface area contributed by atoms with E-state index in [1.807, 2.05) is 0 Å². The lowest BCUT2D eigenvalue weighted by Crippen LogP contribution is -2.19. The molecule has 0 atom stereocenters. The van der Waals surface area contributed by atoms with Crippen molar-refractivity contribution < 1.29 is 14.7 Å². The van der Waals surface area contributed by atoms with E-state index in [9.17, 15) is 9.59 Å². The summed E-state index contributed by atoms with van der Waals surface area (Å²) in [6.07, 6.45) is 2.94. The van der Waals surface area contributed by atoms with Crippen molar-refractivity contribution in [2.45, 2.75) is 0 Å². The van der Waals surface area contributed by atoms with Crippen LogP contribution in [0.25, 0.3) is 0 Å². The summed E-state index contributed by atoms with van der Waals surface area (Å²) in [5.74, 6) is -1.16. The Morgan fingerprint density at radius 2 is 2.00 bits per heavy atom. The van der Waals surface area contributed by atoms with Gasteiger partial charge in [0.05, 0.1) is 22.5 Å². The highest BCUT2D eigenvalue weighted by Crippen LogP contribution is 2.20. The van der Waals surface area contributed by atoms with Crippen molar-refractivity contribution in [3.8, 4) is 0 Å². The van der Waals surface area contributed by atoms with Gasteiger partial charge in [0, 0.05) is 11.9 Å². The first-order valence-electron chi connectivity index (χ1n) is 5.16. The molecule has 7 nitrogen and oxygen atoms in total. The number of amides is 2. The number of carboxylic acid groups (broad SMARTS) is 1. The Morgan fingerprint density at radius 1 is 1.26 bits per heavy atom. The van der Waals surface area contributed by atoms with Gasteiger partial charge in [-0.25, -0.2) is 9.59 Å². The van der Waals surface area contributed by atoms with Gasteiger partial charge >= 0.3 is 12.0 Å². The minimum Gasteiger partial charge on any atom is -0.478 e. The second-order valence-corrected chi connectivity index (χ2v) is 3.97. The van der Waals surface area contributed by atoms with Crippen molar-refractivity contribution in [2.24, 2.45) is 0 Å². The third kappa shape index (κ3) is 3.23. The van der Waals surface area contributed by atoms with E-state index >= 15 is 0 Å². The summed E-state index contributed by atoms with van der Waals surface area (Å²) >= 11 is 5.72. The van der Waals surface area contributed by atoms with E-state index in [1.54, 1.807) is 0 Å². The van der Waals surface area contributed by atoms with Crippen LogP contribution in [0.1, 0.15) is 10.4 Å². The van der Waals surface area contributed by atoms with Gasteiger partial charge in [0.25, 0.3) is 0 Å². The molecule has 0 bridgehead atoms. The van der Waals surface area contributed by atoms with Crippen LogP contribution in [0.2, 0.25) is 5.02 Å². The summed E-state index contributed by atoms with van der Waals surface area (Å²) in [5.41, 5.74) is 0.732. The van der Waals surface area contributed by atoms with Gasteiger partial charge in [0.2, 0.25) is 0 Å². The number of urea groups is 1. The van der Waals surface area contributed by atoms with Crippen LogP contribution in [0.15, 0.2) is 30.6 Å². The van der Waals surface area contributed by atoms with Crippen molar-refractivity contribution in [3.05, 3.63) is 41.2 Å². The summed E-state index contributed by atoms with van der Waals surface area (Å²) in [5, 5.41) is 20.2. The molecule has 1 aromatic carbocycles. The van der Waals surface area contributed by atoms with Crippen LogP contribution in [-0.4, -0.2) is 27.3 Å². The van der Waals surface area contributed by atoms with E-state index in [0.29, 0.717) is 11.4 Å². The molecule has 0 aliphatic rings. The fraction of sp³-hybridized carbons (Fsp3) is 0. The zero-order valence-electron chi connectivity index (χ0n) is 9.48. The minimum absolute atomic E-state index is 0.0808. The van der Waals surface area contributed by atoms with Crippen molar-refractivity contribution in [3.63, 3.8) is 0 Å². The Bertz CT molecular complexity index is 612. The predicted molar refractivity (Wildman–Crippen MR) is 69.6 cm³/mol. The number of hydrogen-bond donors (Lipinski definition) is 4. The molecule has 2 aromatic rings. The normalized spacial score (nSPS) is 9.95. The second kappa shape index (κ2) is 5.40. The van der Waals surface area contributed by atoms with Gasteiger partial charge in [-0.3, -0.25) is 5.10 Å². The topological polar surface area (TPSA) is 107 Å². The molecule has 0 aliphatic carbocycles. The molecule has 0 saturated carbocycles. The number of aromatic amines is 1. The largest absolute Gasteiger partial charge is 0.478 e. The summed E-state index contributed by atoms with van der Waals surface area (Å²) in [6.45, 7) is 0. The zero-order chi connectivity index (χ0) is 13.8. The summed E-state index contributed by atoms with van der Waals surface area (Å²) in [7, 11) is 0. The van der Waals surface area contributed by atoms with E-state index in [2.05, 4.69) is 20.8 Å². The molecule has 4 N–H and O–H groups in total. The first-order valence-corrected chi connectivity index (χ1v) is 5.53. The smallest absolute Gasteiger partial charge is 0.337 e. The molecule has 1 aromatic heterocycles. The number of aromatic nitrogens is 2. The number of halogens is 1. The molecule has 98 valence electrons. The van der Waals surface area contributed by atoms with Crippen LogP contribution in [-0.2, 0) is 0 Å². The summed E-state index contributed by atoms with van der Waals surface area (Å²) in [4.78, 5) is 22.5. The molecule has 19 heavy (non-hydrogen) atoms. The Kier molecular flexibility index (Phi) is 3.67. The predicted octanol–water partition coefficient (Wildman–Crippen LogP) is 2.41. The lowest BCUT2D eigenvalue weighted by molar-refractivity contribution is 0.0697. The number of rotatable bonds is 3. The lowest BCUT2D eigenvalue weighted by Gasteiger charge is -2.07. The molecule has 2 amide bonds. The third-order valence-corrected chi connectivity index (χ3v) is 2.54. The minimum atomic E-state index is -1.16. The maximum Gasteiger partial charge on any atom is 0.337 e. The molecule has 8 heteroatoms. The molecule has 2 rings (SSSR count). The van der Waals surface area contributed by atoms with E-state index in [4.69, 9.17) is 16.7 Å². The van der Waals surface area contributed by atoms with Crippen molar-refractivity contribution in [1.82, 2.24) is 10.2 Å².